The average molecular weight is 736 g/mol. The van der Waals surface area contributed by atoms with Gasteiger partial charge in [0.25, 0.3) is 0 Å². The molecule has 1 aliphatic heterocycles. The van der Waals surface area contributed by atoms with Crippen molar-refractivity contribution in [2.24, 2.45) is 0 Å². The highest BCUT2D eigenvalue weighted by Crippen LogP contribution is 2.41. The Balaban J connectivity index is 1.23. The summed E-state index contributed by atoms with van der Waals surface area (Å²) in [6, 6.07) is 58.0. The maximum Gasteiger partial charge on any atom is 0.407 e. The number of hydrogen-bond acceptors (Lipinski definition) is 7. The summed E-state index contributed by atoms with van der Waals surface area (Å²) in [6.45, 7) is 0.456. The fourth-order valence-corrected chi connectivity index (χ4v) is 7.02. The summed E-state index contributed by atoms with van der Waals surface area (Å²) >= 11 is 0. The Morgan fingerprint density at radius 2 is 0.927 bits per heavy atom. The van der Waals surface area contributed by atoms with Gasteiger partial charge in [-0.2, -0.15) is 0 Å². The quantitative estimate of drug-likeness (QED) is 0.103. The summed E-state index contributed by atoms with van der Waals surface area (Å²) in [5, 5.41) is 14.6. The first-order valence-electron chi connectivity index (χ1n) is 18.5. The predicted molar refractivity (Wildman–Crippen MR) is 210 cm³/mol. The van der Waals surface area contributed by atoms with E-state index in [2.05, 4.69) is 5.32 Å². The Morgan fingerprint density at radius 1 is 0.545 bits per heavy atom. The van der Waals surface area contributed by atoms with E-state index >= 15 is 0 Å². The van der Waals surface area contributed by atoms with Gasteiger partial charge in [-0.25, -0.2) is 4.79 Å². The number of ether oxygens (including phenoxy) is 5. The van der Waals surface area contributed by atoms with Gasteiger partial charge >= 0.3 is 6.09 Å². The van der Waals surface area contributed by atoms with Crippen LogP contribution >= 0.6 is 0 Å². The zero-order valence-electron chi connectivity index (χ0n) is 30.4. The van der Waals surface area contributed by atoms with Gasteiger partial charge in [0.05, 0.1) is 19.8 Å². The molecule has 1 saturated heterocycles. The lowest BCUT2D eigenvalue weighted by atomic mass is 9.80. The van der Waals surface area contributed by atoms with Gasteiger partial charge in [-0.3, -0.25) is 0 Å². The van der Waals surface area contributed by atoms with Gasteiger partial charge < -0.3 is 34.1 Å². The zero-order chi connectivity index (χ0) is 37.7. The van der Waals surface area contributed by atoms with E-state index in [1.807, 2.05) is 182 Å². The number of carbonyl (C=O) groups is 1. The molecule has 1 amide bonds. The Bertz CT molecular complexity index is 1920. The number of aliphatic hydroxyl groups is 1. The molecule has 6 aromatic rings. The normalized spacial score (nSPS) is 19.7. The minimum atomic E-state index is -1.49. The maximum atomic E-state index is 13.3. The predicted octanol–water partition coefficient (Wildman–Crippen LogP) is 8.18. The molecule has 0 radical (unpaired) electrons. The van der Waals surface area contributed by atoms with Crippen LogP contribution in [-0.2, 0) is 49.1 Å². The number of benzene rings is 6. The lowest BCUT2D eigenvalue weighted by Crippen LogP contribution is -2.65. The molecule has 0 spiro atoms. The monoisotopic (exact) mass is 735 g/mol. The Kier molecular flexibility index (Phi) is 12.8. The molecule has 5 atom stereocenters. The van der Waals surface area contributed by atoms with E-state index < -0.39 is 42.3 Å². The SMILES string of the molecule is O=C(N[C@H]1[C@@H](OCc2ccccc2)[C@H](OCc2ccccc2)[C@@H](COC(c2ccccc2)(c2ccccc2)c2ccccc2)O[C@@H]1O)OCc1ccccc1. The maximum absolute atomic E-state index is 13.3. The van der Waals surface area contributed by atoms with E-state index in [-0.39, 0.29) is 26.4 Å². The van der Waals surface area contributed by atoms with Gasteiger partial charge in [-0.05, 0) is 33.4 Å². The van der Waals surface area contributed by atoms with E-state index in [0.29, 0.717) is 0 Å². The molecule has 0 aliphatic carbocycles. The Labute approximate surface area is 322 Å². The highest BCUT2D eigenvalue weighted by molar-refractivity contribution is 5.67. The molecule has 1 heterocycles. The number of nitrogens with one attached hydrogen (secondary N) is 1. The van der Waals surface area contributed by atoms with Crippen LogP contribution in [0.2, 0.25) is 0 Å². The van der Waals surface area contributed by atoms with Gasteiger partial charge in [0.1, 0.15) is 36.6 Å². The summed E-state index contributed by atoms with van der Waals surface area (Å²) in [4.78, 5) is 13.3. The molecule has 280 valence electrons. The summed E-state index contributed by atoms with van der Waals surface area (Å²) in [7, 11) is 0. The molecular formula is C47H45NO7. The molecule has 8 heteroatoms. The van der Waals surface area contributed by atoms with Crippen molar-refractivity contribution in [1.82, 2.24) is 5.32 Å². The summed E-state index contributed by atoms with van der Waals surface area (Å²) < 4.78 is 32.5. The number of carbonyl (C=O) groups excluding carboxylic acids is 1. The van der Waals surface area contributed by atoms with E-state index in [0.717, 1.165) is 33.4 Å². The standard InChI is InChI=1S/C47H45NO7/c49-45-42(48-46(50)53-33-37-23-11-3-12-24-37)44(52-32-36-21-9-2-10-22-36)43(51-31-35-19-7-1-8-20-35)41(55-45)34-54-47(38-25-13-4-14-26-38,39-27-15-5-16-28-39)40-29-17-6-18-30-40/h1-30,41-45,49H,31-34H2,(H,48,50)/t41-,42+,43-,44-,45+/m1/s1. The van der Waals surface area contributed by atoms with Crippen LogP contribution in [0.1, 0.15) is 33.4 Å². The zero-order valence-corrected chi connectivity index (χ0v) is 30.4. The highest BCUT2D eigenvalue weighted by atomic mass is 16.7. The topological polar surface area (TPSA) is 95.5 Å². The van der Waals surface area contributed by atoms with Crippen molar-refractivity contribution in [2.45, 2.75) is 56.1 Å². The second-order valence-corrected chi connectivity index (χ2v) is 13.4. The number of rotatable bonds is 15. The number of alkyl carbamates (subject to hydrolysis) is 1. The van der Waals surface area contributed by atoms with Crippen LogP contribution in [0.25, 0.3) is 0 Å². The minimum Gasteiger partial charge on any atom is -0.445 e. The molecule has 8 nitrogen and oxygen atoms in total. The van der Waals surface area contributed by atoms with Crippen molar-refractivity contribution in [3.8, 4) is 0 Å². The van der Waals surface area contributed by atoms with Crippen molar-refractivity contribution in [3.63, 3.8) is 0 Å². The third-order valence-corrected chi connectivity index (χ3v) is 9.74. The van der Waals surface area contributed by atoms with Crippen molar-refractivity contribution >= 4 is 6.09 Å². The number of aliphatic hydroxyl groups excluding tert-OH is 1. The molecule has 0 bridgehead atoms. The van der Waals surface area contributed by atoms with Crippen LogP contribution in [0, 0.1) is 0 Å². The summed E-state index contributed by atoms with van der Waals surface area (Å²) in [5.41, 5.74) is 4.39. The van der Waals surface area contributed by atoms with Crippen LogP contribution < -0.4 is 5.32 Å². The largest absolute Gasteiger partial charge is 0.445 e. The molecule has 0 aromatic heterocycles. The van der Waals surface area contributed by atoms with Crippen LogP contribution in [0.15, 0.2) is 182 Å². The number of hydrogen-bond donors (Lipinski definition) is 2. The molecule has 55 heavy (non-hydrogen) atoms. The van der Waals surface area contributed by atoms with E-state index in [1.54, 1.807) is 0 Å². The van der Waals surface area contributed by atoms with Crippen molar-refractivity contribution in [2.75, 3.05) is 6.61 Å². The van der Waals surface area contributed by atoms with Crippen molar-refractivity contribution < 1.29 is 33.6 Å². The first kappa shape index (κ1) is 37.7. The highest BCUT2D eigenvalue weighted by Gasteiger charge is 2.49. The minimum absolute atomic E-state index is 0.00836. The third kappa shape index (κ3) is 9.38. The van der Waals surface area contributed by atoms with Crippen molar-refractivity contribution in [1.29, 1.82) is 0 Å². The van der Waals surface area contributed by atoms with Crippen LogP contribution in [-0.4, -0.2) is 48.5 Å². The van der Waals surface area contributed by atoms with Crippen LogP contribution in [0.5, 0.6) is 0 Å². The van der Waals surface area contributed by atoms with Gasteiger partial charge in [-0.15, -0.1) is 0 Å². The molecule has 1 aliphatic rings. The molecule has 0 unspecified atom stereocenters. The lowest BCUT2D eigenvalue weighted by Gasteiger charge is -2.46. The first-order valence-corrected chi connectivity index (χ1v) is 18.5. The molecule has 1 fully saturated rings. The second kappa shape index (κ2) is 18.6. The molecule has 7 rings (SSSR count). The van der Waals surface area contributed by atoms with E-state index in [4.69, 9.17) is 23.7 Å². The number of amides is 1. The molecule has 0 saturated carbocycles. The van der Waals surface area contributed by atoms with E-state index in [9.17, 15) is 9.90 Å². The van der Waals surface area contributed by atoms with Crippen molar-refractivity contribution in [3.05, 3.63) is 215 Å². The molecule has 6 aromatic carbocycles. The van der Waals surface area contributed by atoms with Gasteiger partial charge in [0.2, 0.25) is 0 Å². The first-order chi connectivity index (χ1) is 27.1. The summed E-state index contributed by atoms with van der Waals surface area (Å²) in [6.07, 6.45) is -4.75. The summed E-state index contributed by atoms with van der Waals surface area (Å²) in [5.74, 6) is 0. The third-order valence-electron chi connectivity index (χ3n) is 9.74. The molecule has 2 N–H and O–H groups in total. The van der Waals surface area contributed by atoms with Gasteiger partial charge in [0.15, 0.2) is 6.29 Å². The molecular weight excluding hydrogens is 691 g/mol. The second-order valence-electron chi connectivity index (χ2n) is 13.4. The smallest absolute Gasteiger partial charge is 0.407 e. The van der Waals surface area contributed by atoms with Crippen LogP contribution in [0.3, 0.4) is 0 Å². The van der Waals surface area contributed by atoms with Gasteiger partial charge in [-0.1, -0.05) is 182 Å². The van der Waals surface area contributed by atoms with Gasteiger partial charge in [0, 0.05) is 0 Å². The lowest BCUT2D eigenvalue weighted by molar-refractivity contribution is -0.280. The Morgan fingerprint density at radius 3 is 1.36 bits per heavy atom. The fraction of sp³-hybridized carbons (Fsp3) is 0.213. The van der Waals surface area contributed by atoms with E-state index in [1.165, 1.54) is 0 Å². The average Bonchev–Trinajstić information content (AvgIpc) is 3.25. The van der Waals surface area contributed by atoms with Crippen LogP contribution in [0.4, 0.5) is 4.79 Å². The Hall–Kier alpha value is -5.61. The fourth-order valence-electron chi connectivity index (χ4n) is 7.02.